The van der Waals surface area contributed by atoms with Gasteiger partial charge in [0.2, 0.25) is 0 Å². The number of nitrogens with one attached hydrogen (secondary N) is 1. The summed E-state index contributed by atoms with van der Waals surface area (Å²) in [6.07, 6.45) is -2.04. The Morgan fingerprint density at radius 1 is 1.60 bits per heavy atom. The summed E-state index contributed by atoms with van der Waals surface area (Å²) in [5, 5.41) is 0. The SMILES string of the molecule is CCOC(=O)c1cc(=O)c(C(F)F)c[nH]1. The highest BCUT2D eigenvalue weighted by atomic mass is 19.3. The number of carbonyl (C=O) groups excluding carboxylic acids is 1. The number of alkyl halides is 2. The van der Waals surface area contributed by atoms with Gasteiger partial charge in [-0.05, 0) is 6.92 Å². The van der Waals surface area contributed by atoms with E-state index in [1.807, 2.05) is 0 Å². The van der Waals surface area contributed by atoms with Crippen LogP contribution in [-0.2, 0) is 4.74 Å². The fraction of sp³-hybridized carbons (Fsp3) is 0.333. The zero-order valence-electron chi connectivity index (χ0n) is 7.92. The molecule has 1 aromatic heterocycles. The lowest BCUT2D eigenvalue weighted by Gasteiger charge is -2.02. The van der Waals surface area contributed by atoms with Crippen LogP contribution in [0.15, 0.2) is 17.1 Å². The third-order valence-corrected chi connectivity index (χ3v) is 1.67. The largest absolute Gasteiger partial charge is 0.461 e. The number of carbonyl (C=O) groups is 1. The third-order valence-electron chi connectivity index (χ3n) is 1.67. The van der Waals surface area contributed by atoms with Gasteiger partial charge < -0.3 is 9.72 Å². The highest BCUT2D eigenvalue weighted by molar-refractivity contribution is 5.87. The predicted molar refractivity (Wildman–Crippen MR) is 48.0 cm³/mol. The summed E-state index contributed by atoms with van der Waals surface area (Å²) in [6.45, 7) is 1.75. The van der Waals surface area contributed by atoms with Crippen molar-refractivity contribution in [1.29, 1.82) is 0 Å². The fourth-order valence-corrected chi connectivity index (χ4v) is 0.980. The van der Waals surface area contributed by atoms with Crippen LogP contribution in [0, 0.1) is 0 Å². The summed E-state index contributed by atoms with van der Waals surface area (Å²) < 4.78 is 28.9. The van der Waals surface area contributed by atoms with Gasteiger partial charge in [-0.1, -0.05) is 0 Å². The smallest absolute Gasteiger partial charge is 0.354 e. The van der Waals surface area contributed by atoms with Gasteiger partial charge in [-0.3, -0.25) is 4.79 Å². The first kappa shape index (κ1) is 11.4. The van der Waals surface area contributed by atoms with Crippen LogP contribution < -0.4 is 5.43 Å². The van der Waals surface area contributed by atoms with E-state index >= 15 is 0 Å². The van der Waals surface area contributed by atoms with E-state index in [2.05, 4.69) is 9.72 Å². The van der Waals surface area contributed by atoms with Crippen LogP contribution in [0.2, 0.25) is 0 Å². The number of esters is 1. The predicted octanol–water partition coefficient (Wildman–Crippen LogP) is 1.49. The van der Waals surface area contributed by atoms with E-state index in [1.54, 1.807) is 6.92 Å². The molecule has 0 saturated carbocycles. The molecule has 1 aromatic rings. The van der Waals surface area contributed by atoms with Gasteiger partial charge in [0.1, 0.15) is 5.69 Å². The van der Waals surface area contributed by atoms with Crippen molar-refractivity contribution in [1.82, 2.24) is 4.98 Å². The molecule has 0 aliphatic rings. The summed E-state index contributed by atoms with van der Waals surface area (Å²) in [6, 6.07) is 0.805. The maximum absolute atomic E-state index is 12.2. The number of halogens is 2. The second kappa shape index (κ2) is 4.68. The topological polar surface area (TPSA) is 59.2 Å². The van der Waals surface area contributed by atoms with Gasteiger partial charge in [0.05, 0.1) is 12.2 Å². The number of hydrogen-bond acceptors (Lipinski definition) is 3. The van der Waals surface area contributed by atoms with Crippen LogP contribution in [0.4, 0.5) is 8.78 Å². The van der Waals surface area contributed by atoms with Gasteiger partial charge in [0.25, 0.3) is 6.43 Å². The van der Waals surface area contributed by atoms with Crippen LogP contribution in [0.1, 0.15) is 29.4 Å². The number of aromatic amines is 1. The van der Waals surface area contributed by atoms with E-state index in [9.17, 15) is 18.4 Å². The number of H-pyrrole nitrogens is 1. The van der Waals surface area contributed by atoms with E-state index < -0.39 is 23.4 Å². The van der Waals surface area contributed by atoms with Gasteiger partial charge in [-0.2, -0.15) is 0 Å². The maximum Gasteiger partial charge on any atom is 0.354 e. The lowest BCUT2D eigenvalue weighted by Crippen LogP contribution is -2.15. The van der Waals surface area contributed by atoms with Crippen molar-refractivity contribution in [2.75, 3.05) is 6.61 Å². The Kier molecular flexibility index (Phi) is 3.54. The number of aromatic nitrogens is 1. The van der Waals surface area contributed by atoms with Gasteiger partial charge in [-0.15, -0.1) is 0 Å². The second-order valence-corrected chi connectivity index (χ2v) is 2.69. The number of rotatable bonds is 3. The Morgan fingerprint density at radius 2 is 2.27 bits per heavy atom. The van der Waals surface area contributed by atoms with Crippen molar-refractivity contribution < 1.29 is 18.3 Å². The number of pyridine rings is 1. The van der Waals surface area contributed by atoms with E-state index in [1.165, 1.54) is 0 Å². The molecule has 0 amide bonds. The molecule has 0 unspecified atom stereocenters. The first-order valence-electron chi connectivity index (χ1n) is 4.24. The van der Waals surface area contributed by atoms with E-state index in [4.69, 9.17) is 0 Å². The van der Waals surface area contributed by atoms with Crippen LogP contribution in [0.5, 0.6) is 0 Å². The minimum absolute atomic E-state index is 0.133. The Hall–Kier alpha value is -1.72. The van der Waals surface area contributed by atoms with E-state index in [-0.39, 0.29) is 12.3 Å². The molecule has 6 heteroatoms. The molecule has 15 heavy (non-hydrogen) atoms. The zero-order valence-corrected chi connectivity index (χ0v) is 7.92. The molecule has 0 spiro atoms. The maximum atomic E-state index is 12.2. The Labute approximate surface area is 83.9 Å². The molecule has 82 valence electrons. The minimum Gasteiger partial charge on any atom is -0.461 e. The van der Waals surface area contributed by atoms with Crippen molar-refractivity contribution in [3.05, 3.63) is 33.7 Å². The molecule has 0 bridgehead atoms. The summed E-state index contributed by atoms with van der Waals surface area (Å²) in [4.78, 5) is 24.5. The van der Waals surface area contributed by atoms with E-state index in [0.717, 1.165) is 12.3 Å². The quantitative estimate of drug-likeness (QED) is 0.780. The van der Waals surface area contributed by atoms with Gasteiger partial charge in [0, 0.05) is 12.3 Å². The Balaban J connectivity index is 3.02. The molecule has 0 aromatic carbocycles. The first-order valence-corrected chi connectivity index (χ1v) is 4.24. The molecular weight excluding hydrogens is 208 g/mol. The fourth-order valence-electron chi connectivity index (χ4n) is 0.980. The highest BCUT2D eigenvalue weighted by Crippen LogP contribution is 2.13. The number of ether oxygens (including phenoxy) is 1. The molecule has 0 atom stereocenters. The molecule has 1 N–H and O–H groups in total. The monoisotopic (exact) mass is 217 g/mol. The van der Waals surface area contributed by atoms with Gasteiger partial charge in [0.15, 0.2) is 5.43 Å². The molecule has 0 fully saturated rings. The van der Waals surface area contributed by atoms with Gasteiger partial charge in [-0.25, -0.2) is 13.6 Å². The van der Waals surface area contributed by atoms with Gasteiger partial charge >= 0.3 is 5.97 Å². The molecule has 0 aliphatic heterocycles. The summed E-state index contributed by atoms with van der Waals surface area (Å²) in [5.41, 5.74) is -1.68. The third kappa shape index (κ3) is 2.61. The first-order chi connectivity index (χ1) is 7.06. The average Bonchev–Trinajstić information content (AvgIpc) is 2.17. The lowest BCUT2D eigenvalue weighted by atomic mass is 10.2. The standard InChI is InChI=1S/C9H9F2NO3/c1-2-15-9(14)6-3-7(13)5(4-12-6)8(10)11/h3-4,8H,2H2,1H3,(H,12,13). The molecule has 0 aliphatic carbocycles. The average molecular weight is 217 g/mol. The van der Waals surface area contributed by atoms with Crippen LogP contribution in [-0.4, -0.2) is 17.6 Å². The molecule has 0 saturated heterocycles. The molecule has 0 radical (unpaired) electrons. The van der Waals surface area contributed by atoms with Crippen molar-refractivity contribution in [3.8, 4) is 0 Å². The van der Waals surface area contributed by atoms with Crippen molar-refractivity contribution in [2.24, 2.45) is 0 Å². The second-order valence-electron chi connectivity index (χ2n) is 2.69. The number of hydrogen-bond donors (Lipinski definition) is 1. The van der Waals surface area contributed by atoms with Crippen LogP contribution in [0.3, 0.4) is 0 Å². The highest BCUT2D eigenvalue weighted by Gasteiger charge is 2.14. The normalized spacial score (nSPS) is 10.4. The van der Waals surface area contributed by atoms with E-state index in [0.29, 0.717) is 0 Å². The molecule has 1 heterocycles. The van der Waals surface area contributed by atoms with Crippen molar-refractivity contribution in [3.63, 3.8) is 0 Å². The van der Waals surface area contributed by atoms with Crippen LogP contribution in [0.25, 0.3) is 0 Å². The summed E-state index contributed by atoms with van der Waals surface area (Å²) in [5.74, 6) is -0.740. The van der Waals surface area contributed by atoms with Crippen molar-refractivity contribution >= 4 is 5.97 Å². The molecule has 1 rings (SSSR count). The van der Waals surface area contributed by atoms with Crippen molar-refractivity contribution in [2.45, 2.75) is 13.3 Å². The molecule has 4 nitrogen and oxygen atoms in total. The summed E-state index contributed by atoms with van der Waals surface area (Å²) in [7, 11) is 0. The molecular formula is C9H9F2NO3. The minimum atomic E-state index is -2.86. The van der Waals surface area contributed by atoms with Crippen LogP contribution >= 0.6 is 0 Å². The summed E-state index contributed by atoms with van der Waals surface area (Å²) >= 11 is 0. The Morgan fingerprint density at radius 3 is 2.73 bits per heavy atom. The lowest BCUT2D eigenvalue weighted by molar-refractivity contribution is 0.0518. The zero-order chi connectivity index (χ0) is 11.4. The Bertz CT molecular complexity index is 414.